The molecule has 10 nitrogen and oxygen atoms in total. The second kappa shape index (κ2) is 11.4. The van der Waals surface area contributed by atoms with Crippen LogP contribution in [0.5, 0.6) is 23.0 Å². The third-order valence-electron chi connectivity index (χ3n) is 5.59. The topological polar surface area (TPSA) is 147 Å². The lowest BCUT2D eigenvalue weighted by Gasteiger charge is -2.34. The molecule has 1 heterocycles. The molecule has 0 spiro atoms. The number of amides is 2. The summed E-state index contributed by atoms with van der Waals surface area (Å²) >= 11 is 0. The van der Waals surface area contributed by atoms with Gasteiger partial charge in [0.05, 0.1) is 14.2 Å². The van der Waals surface area contributed by atoms with E-state index in [2.05, 4.69) is 0 Å². The average Bonchev–Trinajstić information content (AvgIpc) is 2.91. The number of methoxy groups -OCH3 is 2. The van der Waals surface area contributed by atoms with E-state index < -0.39 is 11.8 Å². The van der Waals surface area contributed by atoms with Crippen molar-refractivity contribution >= 4 is 24.0 Å². The molecule has 0 aliphatic carbocycles. The molecule has 1 fully saturated rings. The number of benzene rings is 2. The maximum atomic E-state index is 12.9. The third kappa shape index (κ3) is 5.75. The van der Waals surface area contributed by atoms with Gasteiger partial charge in [0.15, 0.2) is 23.0 Å². The van der Waals surface area contributed by atoms with Crippen molar-refractivity contribution < 1.29 is 29.3 Å². The molecular formula is C26H24N4O6. The average molecular weight is 489 g/mol. The summed E-state index contributed by atoms with van der Waals surface area (Å²) in [5.41, 5.74) is 0.832. The zero-order valence-electron chi connectivity index (χ0n) is 19.8. The van der Waals surface area contributed by atoms with E-state index >= 15 is 0 Å². The number of nitrogens with zero attached hydrogens (tertiary/aromatic N) is 4. The van der Waals surface area contributed by atoms with Crippen molar-refractivity contribution in [3.8, 4) is 35.1 Å². The highest BCUT2D eigenvalue weighted by atomic mass is 16.5. The highest BCUT2D eigenvalue weighted by molar-refractivity contribution is 6.03. The van der Waals surface area contributed by atoms with E-state index in [4.69, 9.17) is 9.47 Å². The smallest absolute Gasteiger partial charge is 0.264 e. The number of hydrogen-bond donors (Lipinski definition) is 2. The van der Waals surface area contributed by atoms with E-state index in [1.807, 2.05) is 12.1 Å². The monoisotopic (exact) mass is 488 g/mol. The van der Waals surface area contributed by atoms with Crippen LogP contribution in [0.2, 0.25) is 0 Å². The standard InChI is InChI=1S/C26H24N4O6/c1-35-23-13-17(3-5-21(23)31)11-19(15-27)25(33)29-7-9-30(10-8-29)26(34)20(16-28)12-18-4-6-22(32)24(14-18)36-2/h3-6,11-14,31-32H,7-10H2,1-2H3/b19-11-,20-12-. The maximum absolute atomic E-state index is 12.9. The van der Waals surface area contributed by atoms with Gasteiger partial charge < -0.3 is 29.5 Å². The number of aromatic hydroxyl groups is 2. The molecule has 2 aromatic rings. The molecule has 0 atom stereocenters. The van der Waals surface area contributed by atoms with E-state index in [-0.39, 0.29) is 60.3 Å². The maximum Gasteiger partial charge on any atom is 0.264 e. The largest absolute Gasteiger partial charge is 0.504 e. The van der Waals surface area contributed by atoms with E-state index in [1.165, 1.54) is 60.4 Å². The van der Waals surface area contributed by atoms with Crippen molar-refractivity contribution in [1.82, 2.24) is 9.80 Å². The molecule has 2 amide bonds. The van der Waals surface area contributed by atoms with Crippen LogP contribution in [0.3, 0.4) is 0 Å². The van der Waals surface area contributed by atoms with Crippen molar-refractivity contribution in [3.05, 3.63) is 58.7 Å². The number of phenols is 2. The Balaban J connectivity index is 1.69. The first-order valence-electron chi connectivity index (χ1n) is 10.9. The summed E-state index contributed by atoms with van der Waals surface area (Å²) in [7, 11) is 2.79. The minimum Gasteiger partial charge on any atom is -0.504 e. The Morgan fingerprint density at radius 2 is 1.14 bits per heavy atom. The third-order valence-corrected chi connectivity index (χ3v) is 5.59. The molecule has 10 heteroatoms. The lowest BCUT2D eigenvalue weighted by molar-refractivity contribution is -0.134. The lowest BCUT2D eigenvalue weighted by atomic mass is 10.1. The molecule has 0 radical (unpaired) electrons. The SMILES string of the molecule is COc1cc(/C=C(/C#N)C(=O)N2CCN(C(=O)/C(C#N)=C\c3ccc(O)c(OC)c3)CC2)ccc1O. The van der Waals surface area contributed by atoms with Crippen molar-refractivity contribution in [2.24, 2.45) is 0 Å². The van der Waals surface area contributed by atoms with E-state index in [1.54, 1.807) is 12.1 Å². The van der Waals surface area contributed by atoms with Gasteiger partial charge in [0.1, 0.15) is 23.3 Å². The molecule has 2 N–H and O–H groups in total. The van der Waals surface area contributed by atoms with Crippen LogP contribution in [-0.4, -0.2) is 72.2 Å². The molecular weight excluding hydrogens is 464 g/mol. The van der Waals surface area contributed by atoms with Gasteiger partial charge in [-0.15, -0.1) is 0 Å². The van der Waals surface area contributed by atoms with Gasteiger partial charge in [-0.05, 0) is 47.5 Å². The Labute approximate surface area is 208 Å². The van der Waals surface area contributed by atoms with Crippen molar-refractivity contribution in [2.45, 2.75) is 0 Å². The Kier molecular flexibility index (Phi) is 8.16. The molecule has 0 bridgehead atoms. The van der Waals surface area contributed by atoms with Gasteiger partial charge in [0, 0.05) is 26.2 Å². The summed E-state index contributed by atoms with van der Waals surface area (Å²) < 4.78 is 10.1. The fourth-order valence-corrected chi connectivity index (χ4v) is 3.64. The number of phenolic OH excluding ortho intramolecular Hbond substituents is 2. The number of nitriles is 2. The predicted octanol–water partition coefficient (Wildman–Crippen LogP) is 2.30. The first-order valence-corrected chi connectivity index (χ1v) is 10.9. The van der Waals surface area contributed by atoms with Gasteiger partial charge >= 0.3 is 0 Å². The number of hydrogen-bond acceptors (Lipinski definition) is 8. The van der Waals surface area contributed by atoms with Crippen LogP contribution in [0.15, 0.2) is 47.5 Å². The fourth-order valence-electron chi connectivity index (χ4n) is 3.64. The molecule has 2 aromatic carbocycles. The summed E-state index contributed by atoms with van der Waals surface area (Å²) in [6, 6.07) is 12.8. The second-order valence-electron chi connectivity index (χ2n) is 7.79. The number of carbonyl (C=O) groups is 2. The van der Waals surface area contributed by atoms with Crippen molar-refractivity contribution in [1.29, 1.82) is 10.5 Å². The Hall–Kier alpha value is -4.96. The molecule has 1 aliphatic rings. The summed E-state index contributed by atoms with van der Waals surface area (Å²) in [4.78, 5) is 28.8. The van der Waals surface area contributed by atoms with E-state index in [0.717, 1.165) is 0 Å². The Bertz CT molecular complexity index is 1210. The molecule has 36 heavy (non-hydrogen) atoms. The number of ether oxygens (including phenoxy) is 2. The van der Waals surface area contributed by atoms with Gasteiger partial charge in [-0.1, -0.05) is 12.1 Å². The highest BCUT2D eigenvalue weighted by Crippen LogP contribution is 2.28. The quantitative estimate of drug-likeness (QED) is 0.465. The number of carbonyl (C=O) groups excluding carboxylic acids is 2. The molecule has 184 valence electrons. The first-order chi connectivity index (χ1) is 17.3. The fraction of sp³-hybridized carbons (Fsp3) is 0.231. The van der Waals surface area contributed by atoms with Crippen LogP contribution in [0, 0.1) is 22.7 Å². The van der Waals surface area contributed by atoms with Crippen LogP contribution < -0.4 is 9.47 Å². The summed E-state index contributed by atoms with van der Waals surface area (Å²) in [5.74, 6) is -0.653. The van der Waals surface area contributed by atoms with E-state index in [0.29, 0.717) is 11.1 Å². The predicted molar refractivity (Wildman–Crippen MR) is 130 cm³/mol. The van der Waals surface area contributed by atoms with Gasteiger partial charge in [-0.2, -0.15) is 10.5 Å². The van der Waals surface area contributed by atoms with Gasteiger partial charge in [0.25, 0.3) is 11.8 Å². The van der Waals surface area contributed by atoms with Gasteiger partial charge in [-0.25, -0.2) is 0 Å². The van der Waals surface area contributed by atoms with Crippen molar-refractivity contribution in [2.75, 3.05) is 40.4 Å². The van der Waals surface area contributed by atoms with Crippen LogP contribution >= 0.6 is 0 Å². The first kappa shape index (κ1) is 25.7. The van der Waals surface area contributed by atoms with Crippen LogP contribution in [-0.2, 0) is 9.59 Å². The summed E-state index contributed by atoms with van der Waals surface area (Å²) in [6.45, 7) is 0.755. The van der Waals surface area contributed by atoms with Crippen molar-refractivity contribution in [3.63, 3.8) is 0 Å². The Morgan fingerprint density at radius 1 is 0.778 bits per heavy atom. The molecule has 0 aromatic heterocycles. The minimum atomic E-state index is -0.483. The van der Waals surface area contributed by atoms with Gasteiger partial charge in [-0.3, -0.25) is 9.59 Å². The second-order valence-corrected chi connectivity index (χ2v) is 7.79. The van der Waals surface area contributed by atoms with Crippen LogP contribution in [0.1, 0.15) is 11.1 Å². The molecule has 1 aliphatic heterocycles. The van der Waals surface area contributed by atoms with E-state index in [9.17, 15) is 30.3 Å². The van der Waals surface area contributed by atoms with Gasteiger partial charge in [0.2, 0.25) is 0 Å². The minimum absolute atomic E-state index is 0.0596. The number of rotatable bonds is 6. The zero-order valence-corrected chi connectivity index (χ0v) is 19.8. The highest BCUT2D eigenvalue weighted by Gasteiger charge is 2.27. The summed E-state index contributed by atoms with van der Waals surface area (Å²) in [5, 5.41) is 38.5. The molecule has 0 saturated carbocycles. The molecule has 0 unspecified atom stereocenters. The normalized spacial score (nSPS) is 14.0. The number of piperazine rings is 1. The molecule has 1 saturated heterocycles. The Morgan fingerprint density at radius 3 is 1.44 bits per heavy atom. The zero-order chi connectivity index (χ0) is 26.2. The van der Waals surface area contributed by atoms with Crippen LogP contribution in [0.25, 0.3) is 12.2 Å². The molecule has 3 rings (SSSR count). The van der Waals surface area contributed by atoms with Crippen LogP contribution in [0.4, 0.5) is 0 Å². The lowest BCUT2D eigenvalue weighted by Crippen LogP contribution is -2.51. The summed E-state index contributed by atoms with van der Waals surface area (Å²) in [6.07, 6.45) is 2.81.